The molecule has 2 heterocycles. The van der Waals surface area contributed by atoms with E-state index in [2.05, 4.69) is 10.0 Å². The summed E-state index contributed by atoms with van der Waals surface area (Å²) in [6.07, 6.45) is 0.319. The molecule has 1 fully saturated rings. The quantitative estimate of drug-likeness (QED) is 0.364. The maximum Gasteiger partial charge on any atom is 0.262 e. The first-order valence-electron chi connectivity index (χ1n) is 14.0. The van der Waals surface area contributed by atoms with Crippen LogP contribution in [0.3, 0.4) is 0 Å². The summed E-state index contributed by atoms with van der Waals surface area (Å²) in [4.78, 5) is 31.4. The third kappa shape index (κ3) is 6.78. The number of hydrazone groups is 1. The Morgan fingerprint density at radius 3 is 2.43 bits per heavy atom. The molecule has 0 spiro atoms. The Kier molecular flexibility index (Phi) is 9.45. The molecule has 42 heavy (non-hydrogen) atoms. The summed E-state index contributed by atoms with van der Waals surface area (Å²) in [6, 6.07) is 20.0. The molecule has 0 saturated carbocycles. The summed E-state index contributed by atoms with van der Waals surface area (Å²) >= 11 is 0. The van der Waals surface area contributed by atoms with Crippen LogP contribution in [0.25, 0.3) is 0 Å². The van der Waals surface area contributed by atoms with Crippen molar-refractivity contribution in [1.29, 1.82) is 0 Å². The molecule has 0 N–H and O–H groups in total. The van der Waals surface area contributed by atoms with E-state index in [9.17, 15) is 9.59 Å². The van der Waals surface area contributed by atoms with Crippen LogP contribution in [0.1, 0.15) is 33.9 Å². The van der Waals surface area contributed by atoms with Gasteiger partial charge in [0.25, 0.3) is 11.8 Å². The molecular formula is C32H35FN4O5. The molecule has 2 aliphatic heterocycles. The Balaban J connectivity index is 1.43. The third-order valence-electron chi connectivity index (χ3n) is 7.57. The zero-order chi connectivity index (χ0) is 29.5. The van der Waals surface area contributed by atoms with Gasteiger partial charge in [0.2, 0.25) is 0 Å². The fourth-order valence-electron chi connectivity index (χ4n) is 5.20. The number of nitrogens with zero attached hydrogens (tertiary/aromatic N) is 4. The number of hydrogen-bond acceptors (Lipinski definition) is 7. The topological polar surface area (TPSA) is 83.9 Å². The average Bonchev–Trinajstić information content (AvgIpc) is 3.49. The van der Waals surface area contributed by atoms with Crippen LogP contribution in [0.2, 0.25) is 0 Å². The van der Waals surface area contributed by atoms with Gasteiger partial charge in [0.15, 0.2) is 0 Å². The number of rotatable bonds is 10. The minimum Gasteiger partial charge on any atom is -0.497 e. The van der Waals surface area contributed by atoms with Crippen LogP contribution >= 0.6 is 0 Å². The van der Waals surface area contributed by atoms with Gasteiger partial charge in [-0.15, -0.1) is 0 Å². The first kappa shape index (κ1) is 29.2. The predicted molar refractivity (Wildman–Crippen MR) is 156 cm³/mol. The number of morpholine rings is 1. The number of benzene rings is 3. The average molecular weight is 575 g/mol. The second-order valence-corrected chi connectivity index (χ2v) is 10.2. The van der Waals surface area contributed by atoms with Gasteiger partial charge in [-0.1, -0.05) is 30.3 Å². The summed E-state index contributed by atoms with van der Waals surface area (Å²) in [5, 5.41) is 6.02. The summed E-state index contributed by atoms with van der Waals surface area (Å²) < 4.78 is 31.1. The van der Waals surface area contributed by atoms with Crippen LogP contribution in [0.15, 0.2) is 77.9 Å². The van der Waals surface area contributed by atoms with Crippen molar-refractivity contribution in [1.82, 2.24) is 14.8 Å². The lowest BCUT2D eigenvalue weighted by Gasteiger charge is -2.31. The lowest BCUT2D eigenvalue weighted by Crippen LogP contribution is -2.46. The van der Waals surface area contributed by atoms with Crippen LogP contribution in [0.5, 0.6) is 11.5 Å². The Bertz CT molecular complexity index is 1420. The Morgan fingerprint density at radius 2 is 1.71 bits per heavy atom. The largest absolute Gasteiger partial charge is 0.497 e. The Morgan fingerprint density at radius 1 is 0.976 bits per heavy atom. The molecule has 1 atom stereocenters. The Hall–Kier alpha value is -4.28. The first-order chi connectivity index (χ1) is 20.5. The molecule has 220 valence electrons. The van der Waals surface area contributed by atoms with Crippen LogP contribution in [-0.4, -0.2) is 92.5 Å². The van der Waals surface area contributed by atoms with Gasteiger partial charge >= 0.3 is 0 Å². The van der Waals surface area contributed by atoms with Crippen LogP contribution in [-0.2, 0) is 9.53 Å². The second-order valence-electron chi connectivity index (χ2n) is 10.2. The fraction of sp³-hybridized carbons (Fsp3) is 0.344. The number of ether oxygens (including phenoxy) is 3. The van der Waals surface area contributed by atoms with Crippen molar-refractivity contribution in [3.05, 3.63) is 95.3 Å². The summed E-state index contributed by atoms with van der Waals surface area (Å²) in [7, 11) is 3.14. The minimum absolute atomic E-state index is 0.213. The molecular weight excluding hydrogens is 539 g/mol. The molecule has 10 heteroatoms. The van der Waals surface area contributed by atoms with Crippen molar-refractivity contribution < 1.29 is 28.2 Å². The first-order valence-corrected chi connectivity index (χ1v) is 14.0. The Labute approximate surface area is 245 Å². The van der Waals surface area contributed by atoms with E-state index in [0.717, 1.165) is 18.7 Å². The number of amides is 2. The van der Waals surface area contributed by atoms with E-state index >= 15 is 4.39 Å². The zero-order valence-electron chi connectivity index (χ0n) is 23.9. The van der Waals surface area contributed by atoms with Gasteiger partial charge in [-0.05, 0) is 42.5 Å². The normalized spacial score (nSPS) is 17.1. The highest BCUT2D eigenvalue weighted by molar-refractivity contribution is 6.04. The lowest BCUT2D eigenvalue weighted by molar-refractivity contribution is -0.133. The van der Waals surface area contributed by atoms with Crippen molar-refractivity contribution in [2.75, 3.05) is 60.2 Å². The number of hydrogen-bond donors (Lipinski definition) is 0. The number of carbonyl (C=O) groups is 2. The van der Waals surface area contributed by atoms with Crippen molar-refractivity contribution >= 4 is 17.5 Å². The number of carbonyl (C=O) groups excluding carboxylic acids is 2. The predicted octanol–water partition coefficient (Wildman–Crippen LogP) is 4.00. The second kappa shape index (κ2) is 13.6. The van der Waals surface area contributed by atoms with E-state index in [1.807, 2.05) is 24.3 Å². The van der Waals surface area contributed by atoms with E-state index in [-0.39, 0.29) is 12.5 Å². The fourth-order valence-corrected chi connectivity index (χ4v) is 5.20. The lowest BCUT2D eigenvalue weighted by atomic mass is 9.98. The maximum atomic E-state index is 15.0. The smallest absolute Gasteiger partial charge is 0.262 e. The van der Waals surface area contributed by atoms with Crippen molar-refractivity contribution in [2.24, 2.45) is 5.10 Å². The van der Waals surface area contributed by atoms with Gasteiger partial charge in [-0.2, -0.15) is 5.10 Å². The van der Waals surface area contributed by atoms with Crippen LogP contribution < -0.4 is 9.47 Å². The highest BCUT2D eigenvalue weighted by Gasteiger charge is 2.36. The molecule has 0 bridgehead atoms. The monoisotopic (exact) mass is 574 g/mol. The molecule has 3 aromatic rings. The molecule has 5 rings (SSSR count). The van der Waals surface area contributed by atoms with E-state index < -0.39 is 17.8 Å². The number of halogens is 1. The molecule has 0 radical (unpaired) electrons. The molecule has 0 aliphatic carbocycles. The van der Waals surface area contributed by atoms with Crippen molar-refractivity contribution in [3.8, 4) is 11.5 Å². The van der Waals surface area contributed by atoms with Gasteiger partial charge in [0, 0.05) is 49.3 Å². The van der Waals surface area contributed by atoms with E-state index in [4.69, 9.17) is 14.2 Å². The van der Waals surface area contributed by atoms with Crippen molar-refractivity contribution in [3.63, 3.8) is 0 Å². The van der Waals surface area contributed by atoms with Gasteiger partial charge in [-0.25, -0.2) is 9.40 Å². The van der Waals surface area contributed by atoms with Crippen LogP contribution in [0.4, 0.5) is 4.39 Å². The summed E-state index contributed by atoms with van der Waals surface area (Å²) in [5.74, 6) is 0.192. The summed E-state index contributed by atoms with van der Waals surface area (Å²) in [6.45, 7) is 3.49. The molecule has 1 saturated heterocycles. The van der Waals surface area contributed by atoms with E-state index in [0.29, 0.717) is 61.1 Å². The molecule has 9 nitrogen and oxygen atoms in total. The molecule has 2 aliphatic rings. The van der Waals surface area contributed by atoms with E-state index in [1.165, 1.54) is 16.0 Å². The molecule has 0 aromatic heterocycles. The van der Waals surface area contributed by atoms with Gasteiger partial charge in [-0.3, -0.25) is 14.5 Å². The van der Waals surface area contributed by atoms with Gasteiger partial charge < -0.3 is 19.1 Å². The molecule has 3 aromatic carbocycles. The van der Waals surface area contributed by atoms with Gasteiger partial charge in [0.1, 0.15) is 23.9 Å². The molecule has 2 amide bonds. The summed E-state index contributed by atoms with van der Waals surface area (Å²) in [5.41, 5.74) is 2.23. The van der Waals surface area contributed by atoms with E-state index in [1.54, 1.807) is 56.7 Å². The van der Waals surface area contributed by atoms with Gasteiger partial charge in [0.05, 0.1) is 39.2 Å². The molecule has 0 unspecified atom stereocenters. The van der Waals surface area contributed by atoms with Crippen LogP contribution in [0, 0.1) is 5.82 Å². The highest BCUT2D eigenvalue weighted by Crippen LogP contribution is 2.35. The highest BCUT2D eigenvalue weighted by atomic mass is 19.1. The zero-order valence-corrected chi connectivity index (χ0v) is 23.9. The SMILES string of the molecule is COc1ccc(C(=O)N(CCN2CCOCC2)CC(=O)N2N=C(c3cccc(OC)c3)C[C@@H]2c2ccccc2F)cc1. The third-order valence-corrected chi connectivity index (χ3v) is 7.57. The number of methoxy groups -OCH3 is 2. The minimum atomic E-state index is -0.655. The standard InChI is InChI=1S/C32H35FN4O5/c1-40-25-12-10-23(11-13-25)32(39)36(15-14-35-16-18-42-19-17-35)22-31(38)37-30(27-8-3-4-9-28(27)33)21-29(34-37)24-6-5-7-26(20-24)41-2/h3-13,20,30H,14-19,21-22H2,1-2H3/t30-/m1/s1. The maximum absolute atomic E-state index is 15.0. The van der Waals surface area contributed by atoms with Crippen molar-refractivity contribution in [2.45, 2.75) is 12.5 Å².